The molecule has 8 heteroatoms. The second-order valence-electron chi connectivity index (χ2n) is 7.11. The van der Waals surface area contributed by atoms with Crippen molar-refractivity contribution in [2.75, 3.05) is 26.8 Å². The molecule has 3 aromatic carbocycles. The number of rotatable bonds is 9. The summed E-state index contributed by atoms with van der Waals surface area (Å²) in [7, 11) is -2.33. The van der Waals surface area contributed by atoms with Gasteiger partial charge in [-0.1, -0.05) is 43.3 Å². The molecule has 0 aliphatic rings. The second-order valence-corrected chi connectivity index (χ2v) is 8.97. The average Bonchev–Trinajstić information content (AvgIpc) is 3.23. The molecule has 2 N–H and O–H groups in total. The summed E-state index contributed by atoms with van der Waals surface area (Å²) in [5.41, 5.74) is 0.461. The maximum absolute atomic E-state index is 13.6. The molecule has 0 amide bonds. The van der Waals surface area contributed by atoms with Crippen molar-refractivity contribution >= 4 is 31.5 Å². The zero-order valence-corrected chi connectivity index (χ0v) is 18.3. The third-order valence-corrected chi connectivity index (χ3v) is 6.90. The Balaban J connectivity index is 1.78. The van der Waals surface area contributed by atoms with Crippen molar-refractivity contribution in [3.63, 3.8) is 0 Å². The van der Waals surface area contributed by atoms with Gasteiger partial charge in [-0.05, 0) is 37.0 Å². The minimum atomic E-state index is -3.86. The lowest BCUT2D eigenvalue weighted by atomic mass is 10.1. The largest absolute Gasteiger partial charge is 0.497 e. The van der Waals surface area contributed by atoms with E-state index in [1.807, 2.05) is 31.2 Å². The first kappa shape index (κ1) is 21.1. The maximum atomic E-state index is 13.6. The summed E-state index contributed by atoms with van der Waals surface area (Å²) in [6.45, 7) is 4.27. The first-order valence-corrected chi connectivity index (χ1v) is 11.7. The molecule has 4 rings (SSSR count). The van der Waals surface area contributed by atoms with Crippen LogP contribution in [0.15, 0.2) is 64.5 Å². The Labute approximate surface area is 181 Å². The highest BCUT2D eigenvalue weighted by atomic mass is 32.2. The number of ether oxygens (including phenoxy) is 2. The molecule has 0 saturated heterocycles. The molecule has 0 fully saturated rings. The fourth-order valence-electron chi connectivity index (χ4n) is 3.57. The average molecular weight is 440 g/mol. The first-order chi connectivity index (χ1) is 15.1. The molecular weight excluding hydrogens is 414 g/mol. The van der Waals surface area contributed by atoms with E-state index in [-0.39, 0.29) is 9.92 Å². The SMILES string of the molecule is CCNCCCOc1cc(OC)cc2c(S(=O)(=O)c3cccc4ccccc34)[nH]nc12. The monoisotopic (exact) mass is 439 g/mol. The van der Waals surface area contributed by atoms with Gasteiger partial charge in [-0.25, -0.2) is 8.42 Å². The van der Waals surface area contributed by atoms with Gasteiger partial charge in [0.25, 0.3) is 0 Å². The number of benzene rings is 3. The van der Waals surface area contributed by atoms with Crippen LogP contribution >= 0.6 is 0 Å². The van der Waals surface area contributed by atoms with Crippen molar-refractivity contribution < 1.29 is 17.9 Å². The number of fused-ring (bicyclic) bond motifs is 2. The molecule has 0 aliphatic heterocycles. The minimum Gasteiger partial charge on any atom is -0.497 e. The van der Waals surface area contributed by atoms with E-state index in [1.165, 1.54) is 7.11 Å². The molecule has 0 spiro atoms. The van der Waals surface area contributed by atoms with Crippen molar-refractivity contribution in [3.8, 4) is 11.5 Å². The summed E-state index contributed by atoms with van der Waals surface area (Å²) in [5, 5.41) is 12.2. The van der Waals surface area contributed by atoms with Gasteiger partial charge in [-0.2, -0.15) is 5.10 Å². The predicted octanol–water partition coefficient (Wildman–Crippen LogP) is 3.94. The normalized spacial score (nSPS) is 11.8. The van der Waals surface area contributed by atoms with Crippen LogP contribution < -0.4 is 14.8 Å². The number of aromatic amines is 1. The van der Waals surface area contributed by atoms with Gasteiger partial charge in [0.15, 0.2) is 10.8 Å². The molecule has 0 aliphatic carbocycles. The zero-order valence-electron chi connectivity index (χ0n) is 17.5. The van der Waals surface area contributed by atoms with Crippen LogP contribution in [0.5, 0.6) is 11.5 Å². The van der Waals surface area contributed by atoms with Crippen molar-refractivity contribution in [3.05, 3.63) is 54.6 Å². The van der Waals surface area contributed by atoms with E-state index in [0.29, 0.717) is 34.4 Å². The van der Waals surface area contributed by atoms with E-state index in [4.69, 9.17) is 9.47 Å². The Morgan fingerprint density at radius 1 is 1.06 bits per heavy atom. The minimum absolute atomic E-state index is 0.0234. The molecule has 0 unspecified atom stereocenters. The number of nitrogens with one attached hydrogen (secondary N) is 2. The van der Waals surface area contributed by atoms with Crippen LogP contribution in [0.2, 0.25) is 0 Å². The molecule has 0 radical (unpaired) electrons. The molecule has 0 bridgehead atoms. The van der Waals surface area contributed by atoms with E-state index >= 15 is 0 Å². The maximum Gasteiger partial charge on any atom is 0.224 e. The molecule has 162 valence electrons. The Bertz CT molecular complexity index is 1310. The highest BCUT2D eigenvalue weighted by Crippen LogP contribution is 2.36. The highest BCUT2D eigenvalue weighted by molar-refractivity contribution is 7.91. The fraction of sp³-hybridized carbons (Fsp3) is 0.261. The first-order valence-electron chi connectivity index (χ1n) is 10.2. The van der Waals surface area contributed by atoms with Gasteiger partial charge >= 0.3 is 0 Å². The number of H-pyrrole nitrogens is 1. The van der Waals surface area contributed by atoms with Crippen LogP contribution in [0.4, 0.5) is 0 Å². The highest BCUT2D eigenvalue weighted by Gasteiger charge is 2.26. The summed E-state index contributed by atoms with van der Waals surface area (Å²) in [6.07, 6.45) is 0.818. The smallest absolute Gasteiger partial charge is 0.224 e. The van der Waals surface area contributed by atoms with Gasteiger partial charge in [0.1, 0.15) is 11.3 Å². The van der Waals surface area contributed by atoms with E-state index in [9.17, 15) is 8.42 Å². The Hall–Kier alpha value is -3.10. The molecule has 1 aromatic heterocycles. The third kappa shape index (κ3) is 4.08. The second kappa shape index (κ2) is 8.95. The van der Waals surface area contributed by atoms with Gasteiger partial charge in [0.2, 0.25) is 9.84 Å². The van der Waals surface area contributed by atoms with Crippen LogP contribution in [0, 0.1) is 0 Å². The standard InChI is InChI=1S/C23H25N3O4S/c1-3-24-12-7-13-30-20-15-17(29-2)14-19-22(20)25-26-23(19)31(27,28)21-11-6-9-16-8-4-5-10-18(16)21/h4-6,8-11,14-15,24H,3,7,12-13H2,1-2H3,(H,25,26). The van der Waals surface area contributed by atoms with Crippen LogP contribution in [0.1, 0.15) is 13.3 Å². The summed E-state index contributed by atoms with van der Waals surface area (Å²) < 4.78 is 38.5. The molecule has 0 saturated carbocycles. The van der Waals surface area contributed by atoms with Crippen LogP contribution in [0.3, 0.4) is 0 Å². The fourth-order valence-corrected chi connectivity index (χ4v) is 5.13. The predicted molar refractivity (Wildman–Crippen MR) is 121 cm³/mol. The molecule has 0 atom stereocenters. The Kier molecular flexibility index (Phi) is 6.11. The summed E-state index contributed by atoms with van der Waals surface area (Å²) in [4.78, 5) is 0.229. The topological polar surface area (TPSA) is 93.3 Å². The Morgan fingerprint density at radius 2 is 1.87 bits per heavy atom. The number of nitrogens with zero attached hydrogens (tertiary/aromatic N) is 1. The van der Waals surface area contributed by atoms with Crippen LogP contribution in [-0.2, 0) is 9.84 Å². The van der Waals surface area contributed by atoms with Gasteiger partial charge in [-0.3, -0.25) is 5.10 Å². The third-order valence-electron chi connectivity index (χ3n) is 5.11. The van der Waals surface area contributed by atoms with E-state index in [2.05, 4.69) is 15.5 Å². The van der Waals surface area contributed by atoms with Crippen molar-refractivity contribution in [1.82, 2.24) is 15.5 Å². The van der Waals surface area contributed by atoms with E-state index in [0.717, 1.165) is 24.9 Å². The lowest BCUT2D eigenvalue weighted by Crippen LogP contribution is -2.16. The summed E-state index contributed by atoms with van der Waals surface area (Å²) >= 11 is 0. The van der Waals surface area contributed by atoms with Crippen molar-refractivity contribution in [2.45, 2.75) is 23.3 Å². The quantitative estimate of drug-likeness (QED) is 0.384. The molecular formula is C23H25N3O4S. The van der Waals surface area contributed by atoms with Crippen LogP contribution in [0.25, 0.3) is 21.7 Å². The lowest BCUT2D eigenvalue weighted by molar-refractivity contribution is 0.309. The van der Waals surface area contributed by atoms with Crippen molar-refractivity contribution in [1.29, 1.82) is 0 Å². The Morgan fingerprint density at radius 3 is 2.68 bits per heavy atom. The van der Waals surface area contributed by atoms with Gasteiger partial charge in [-0.15, -0.1) is 0 Å². The van der Waals surface area contributed by atoms with E-state index in [1.54, 1.807) is 30.3 Å². The van der Waals surface area contributed by atoms with Crippen LogP contribution in [-0.4, -0.2) is 45.4 Å². The van der Waals surface area contributed by atoms with Gasteiger partial charge < -0.3 is 14.8 Å². The number of aromatic nitrogens is 2. The molecule has 4 aromatic rings. The number of hydrogen-bond donors (Lipinski definition) is 2. The zero-order chi connectivity index (χ0) is 21.8. The number of hydrogen-bond acceptors (Lipinski definition) is 6. The molecule has 31 heavy (non-hydrogen) atoms. The molecule has 7 nitrogen and oxygen atoms in total. The number of methoxy groups -OCH3 is 1. The lowest BCUT2D eigenvalue weighted by Gasteiger charge is -2.10. The number of sulfone groups is 1. The molecule has 1 heterocycles. The van der Waals surface area contributed by atoms with Gasteiger partial charge in [0.05, 0.1) is 18.6 Å². The summed E-state index contributed by atoms with van der Waals surface area (Å²) in [6, 6.07) is 16.1. The van der Waals surface area contributed by atoms with E-state index < -0.39 is 9.84 Å². The van der Waals surface area contributed by atoms with Crippen molar-refractivity contribution in [2.24, 2.45) is 0 Å². The summed E-state index contributed by atoms with van der Waals surface area (Å²) in [5.74, 6) is 0.992. The van der Waals surface area contributed by atoms with Gasteiger partial charge in [0, 0.05) is 16.8 Å².